The van der Waals surface area contributed by atoms with Crippen LogP contribution in [0.4, 0.5) is 0 Å². The van der Waals surface area contributed by atoms with Crippen molar-refractivity contribution >= 4 is 11.9 Å². The molecule has 0 radical (unpaired) electrons. The van der Waals surface area contributed by atoms with Gasteiger partial charge in [0, 0.05) is 23.6 Å². The van der Waals surface area contributed by atoms with E-state index in [1.807, 2.05) is 0 Å². The Morgan fingerprint density at radius 2 is 1.67 bits per heavy atom. The molecule has 0 aliphatic carbocycles. The quantitative estimate of drug-likeness (QED) is 0.0907. The molecule has 1 aromatic rings. The fourth-order valence-electron chi connectivity index (χ4n) is 2.93. The Hall–Kier alpha value is -2.35. The highest BCUT2D eigenvalue weighted by molar-refractivity contribution is 5.74. The lowest BCUT2D eigenvalue weighted by Gasteiger charge is -2.15. The van der Waals surface area contributed by atoms with E-state index >= 15 is 0 Å². The number of aryl methyl sites for hydroxylation is 1. The summed E-state index contributed by atoms with van der Waals surface area (Å²) < 4.78 is 1.52. The SMILES string of the molecule is NC(CCc1c[n+](CC(O)CCC(N)C(=O)O)cc(O)c1CC(N)C(=O)O)COO. The summed E-state index contributed by atoms with van der Waals surface area (Å²) in [6.45, 7) is -0.0324. The number of aliphatic hydroxyl groups excluding tert-OH is 1. The number of aliphatic hydroxyl groups is 1. The molecule has 1 aromatic heterocycles. The third-order valence-corrected chi connectivity index (χ3v) is 4.67. The first kappa shape index (κ1) is 25.7. The Morgan fingerprint density at radius 1 is 1.03 bits per heavy atom. The zero-order valence-corrected chi connectivity index (χ0v) is 16.6. The predicted octanol–water partition coefficient (Wildman–Crippen LogP) is -2.06. The highest BCUT2D eigenvalue weighted by Crippen LogP contribution is 2.22. The van der Waals surface area contributed by atoms with E-state index in [0.29, 0.717) is 24.0 Å². The number of nitrogens with two attached hydrogens (primary N) is 3. The van der Waals surface area contributed by atoms with Gasteiger partial charge in [-0.3, -0.25) is 14.8 Å². The van der Waals surface area contributed by atoms with Gasteiger partial charge in [-0.15, -0.1) is 0 Å². The minimum atomic E-state index is -1.22. The van der Waals surface area contributed by atoms with Gasteiger partial charge in [-0.25, -0.2) is 4.89 Å². The molecule has 0 saturated heterocycles. The number of rotatable bonds is 14. The lowest BCUT2D eigenvalue weighted by molar-refractivity contribution is -0.704. The van der Waals surface area contributed by atoms with E-state index in [4.69, 9.17) is 32.7 Å². The zero-order valence-electron chi connectivity index (χ0n) is 16.6. The summed E-state index contributed by atoms with van der Waals surface area (Å²) in [4.78, 5) is 25.9. The summed E-state index contributed by atoms with van der Waals surface area (Å²) >= 11 is 0. The fourth-order valence-corrected chi connectivity index (χ4v) is 2.93. The molecule has 12 nitrogen and oxygen atoms in total. The molecule has 0 saturated carbocycles. The standard InChI is InChI=1S/C18H30N4O8/c19-11(9-30-29)2-1-10-6-22(7-12(23)3-4-14(20)17(25)26)8-16(24)13(10)5-15(21)18(27)28/h6,8,11-12,14-15,23H,1-5,7,9,19-21H2,(H3-,24,25,26,27,28,29)/p+1. The lowest BCUT2D eigenvalue weighted by atomic mass is 9.97. The van der Waals surface area contributed by atoms with E-state index in [1.54, 1.807) is 6.20 Å². The van der Waals surface area contributed by atoms with Crippen molar-refractivity contribution in [3.8, 4) is 5.75 Å². The summed E-state index contributed by atoms with van der Waals surface area (Å²) in [5, 5.41) is 47.0. The average Bonchev–Trinajstić information content (AvgIpc) is 2.66. The number of pyridine rings is 1. The minimum Gasteiger partial charge on any atom is -0.503 e. The molecule has 170 valence electrons. The van der Waals surface area contributed by atoms with E-state index in [2.05, 4.69) is 4.89 Å². The molecule has 4 atom stereocenters. The first-order valence-electron chi connectivity index (χ1n) is 9.45. The number of carboxylic acid groups (broad SMARTS) is 2. The van der Waals surface area contributed by atoms with Gasteiger partial charge in [0.2, 0.25) is 6.20 Å². The van der Waals surface area contributed by atoms with Crippen LogP contribution in [0.1, 0.15) is 30.4 Å². The van der Waals surface area contributed by atoms with Crippen LogP contribution in [0.2, 0.25) is 0 Å². The van der Waals surface area contributed by atoms with Crippen molar-refractivity contribution in [3.63, 3.8) is 0 Å². The highest BCUT2D eigenvalue weighted by atomic mass is 17.1. The van der Waals surface area contributed by atoms with Crippen LogP contribution in [0.5, 0.6) is 5.75 Å². The van der Waals surface area contributed by atoms with E-state index in [0.717, 1.165) is 0 Å². The zero-order chi connectivity index (χ0) is 22.8. The van der Waals surface area contributed by atoms with Crippen LogP contribution in [0.15, 0.2) is 12.4 Å². The van der Waals surface area contributed by atoms with Crippen LogP contribution in [0.25, 0.3) is 0 Å². The van der Waals surface area contributed by atoms with Gasteiger partial charge in [0.05, 0.1) is 6.61 Å². The lowest BCUT2D eigenvalue weighted by Crippen LogP contribution is -2.41. The van der Waals surface area contributed by atoms with Crippen LogP contribution in [0, 0.1) is 0 Å². The van der Waals surface area contributed by atoms with Gasteiger partial charge in [-0.2, -0.15) is 4.57 Å². The molecule has 11 N–H and O–H groups in total. The molecule has 0 aromatic carbocycles. The van der Waals surface area contributed by atoms with E-state index in [-0.39, 0.29) is 38.2 Å². The number of aliphatic carboxylic acids is 2. The Morgan fingerprint density at radius 3 is 2.23 bits per heavy atom. The molecule has 0 fully saturated rings. The number of carboxylic acids is 2. The van der Waals surface area contributed by atoms with Gasteiger partial charge < -0.3 is 37.6 Å². The number of aromatic hydroxyl groups is 1. The first-order valence-corrected chi connectivity index (χ1v) is 9.45. The molecular formula is C18H31N4O8+. The van der Waals surface area contributed by atoms with Gasteiger partial charge in [0.1, 0.15) is 18.2 Å². The van der Waals surface area contributed by atoms with Gasteiger partial charge in [0.25, 0.3) is 0 Å². The number of nitrogens with zero attached hydrogens (tertiary/aromatic N) is 1. The molecule has 0 amide bonds. The monoisotopic (exact) mass is 431 g/mol. The number of carbonyl (C=O) groups is 2. The summed E-state index contributed by atoms with van der Waals surface area (Å²) in [5.41, 5.74) is 17.8. The fraction of sp³-hybridized carbons (Fsp3) is 0.611. The van der Waals surface area contributed by atoms with Crippen molar-refractivity contribution in [2.75, 3.05) is 6.61 Å². The molecule has 0 aliphatic rings. The maximum atomic E-state index is 11.1. The topological polar surface area (TPSA) is 226 Å². The Labute approximate surface area is 173 Å². The second-order valence-corrected chi connectivity index (χ2v) is 7.26. The molecular weight excluding hydrogens is 400 g/mol. The van der Waals surface area contributed by atoms with E-state index in [9.17, 15) is 19.8 Å². The van der Waals surface area contributed by atoms with Crippen LogP contribution in [-0.2, 0) is 33.9 Å². The normalized spacial score (nSPS) is 15.4. The summed E-state index contributed by atoms with van der Waals surface area (Å²) in [5.74, 6) is -2.56. The molecule has 4 unspecified atom stereocenters. The second-order valence-electron chi connectivity index (χ2n) is 7.26. The van der Waals surface area contributed by atoms with Crippen molar-refractivity contribution in [1.82, 2.24) is 0 Å². The van der Waals surface area contributed by atoms with Crippen LogP contribution >= 0.6 is 0 Å². The summed E-state index contributed by atoms with van der Waals surface area (Å²) in [6, 6.07) is -2.79. The predicted molar refractivity (Wildman–Crippen MR) is 103 cm³/mol. The minimum absolute atomic E-state index is 0.0595. The number of hydrogen-bond acceptors (Lipinski definition) is 9. The third kappa shape index (κ3) is 8.57. The van der Waals surface area contributed by atoms with Crippen LogP contribution in [0.3, 0.4) is 0 Å². The smallest absolute Gasteiger partial charge is 0.320 e. The number of hydrogen-bond donors (Lipinski definition) is 8. The van der Waals surface area contributed by atoms with Crippen molar-refractivity contribution in [2.24, 2.45) is 17.2 Å². The molecule has 1 rings (SSSR count). The number of aromatic nitrogens is 1. The maximum absolute atomic E-state index is 11.1. The molecule has 0 bridgehead atoms. The Balaban J connectivity index is 3.00. The maximum Gasteiger partial charge on any atom is 0.320 e. The van der Waals surface area contributed by atoms with Crippen molar-refractivity contribution in [3.05, 3.63) is 23.5 Å². The van der Waals surface area contributed by atoms with Crippen molar-refractivity contribution in [2.45, 2.75) is 62.9 Å². The van der Waals surface area contributed by atoms with Crippen LogP contribution in [-0.4, -0.2) is 68.5 Å². The molecule has 0 aliphatic heterocycles. The molecule has 30 heavy (non-hydrogen) atoms. The van der Waals surface area contributed by atoms with E-state index in [1.165, 1.54) is 10.8 Å². The summed E-state index contributed by atoms with van der Waals surface area (Å²) in [7, 11) is 0. The highest BCUT2D eigenvalue weighted by Gasteiger charge is 2.23. The van der Waals surface area contributed by atoms with E-state index < -0.39 is 36.2 Å². The molecule has 1 heterocycles. The largest absolute Gasteiger partial charge is 0.503 e. The molecule has 0 spiro atoms. The summed E-state index contributed by atoms with van der Waals surface area (Å²) in [6.07, 6.45) is 2.87. The molecule has 12 heteroatoms. The third-order valence-electron chi connectivity index (χ3n) is 4.67. The van der Waals surface area contributed by atoms with Gasteiger partial charge in [-0.05, 0) is 25.7 Å². The second kappa shape index (κ2) is 12.4. The van der Waals surface area contributed by atoms with Crippen molar-refractivity contribution in [1.29, 1.82) is 0 Å². The average molecular weight is 431 g/mol. The van der Waals surface area contributed by atoms with Crippen LogP contribution < -0.4 is 21.8 Å². The Kier molecular flexibility index (Phi) is 10.6. The van der Waals surface area contributed by atoms with Gasteiger partial charge in [0.15, 0.2) is 18.5 Å². The Bertz CT molecular complexity index is 718. The van der Waals surface area contributed by atoms with Crippen molar-refractivity contribution < 1.29 is 44.7 Å². The van der Waals surface area contributed by atoms with Gasteiger partial charge >= 0.3 is 11.9 Å². The van der Waals surface area contributed by atoms with Gasteiger partial charge in [-0.1, -0.05) is 0 Å². The first-order chi connectivity index (χ1) is 14.0.